The highest BCUT2D eigenvalue weighted by molar-refractivity contribution is 6.48. The average Bonchev–Trinajstić information content (AvgIpc) is 3.13. The van der Waals surface area contributed by atoms with E-state index in [9.17, 15) is 19.2 Å². The minimum absolute atomic E-state index is 0.0570. The molecule has 0 fully saturated rings. The molecule has 32 heavy (non-hydrogen) atoms. The number of nitrogens with zero attached hydrogens (tertiary/aromatic N) is 2. The Morgan fingerprint density at radius 1 is 0.875 bits per heavy atom. The molecule has 8 heteroatoms. The summed E-state index contributed by atoms with van der Waals surface area (Å²) in [4.78, 5) is 51.0. The number of amides is 3. The highest BCUT2D eigenvalue weighted by Gasteiger charge is 2.23. The first-order valence-electron chi connectivity index (χ1n) is 10.4. The number of hydrogen-bond acceptors (Lipinski definition) is 4. The number of anilines is 2. The van der Waals surface area contributed by atoms with Crippen LogP contribution in [0.1, 0.15) is 31.1 Å². The lowest BCUT2D eigenvalue weighted by atomic mass is 10.1. The largest absolute Gasteiger partial charge is 0.342 e. The fourth-order valence-corrected chi connectivity index (χ4v) is 3.53. The van der Waals surface area contributed by atoms with Crippen LogP contribution in [0.15, 0.2) is 54.7 Å². The van der Waals surface area contributed by atoms with Crippen LogP contribution in [-0.4, -0.2) is 46.1 Å². The zero-order valence-electron chi connectivity index (χ0n) is 18.3. The molecule has 3 aromatic rings. The van der Waals surface area contributed by atoms with E-state index in [0.717, 1.165) is 0 Å². The number of para-hydroxylation sites is 1. The molecule has 0 radical (unpaired) electrons. The predicted molar refractivity (Wildman–Crippen MR) is 124 cm³/mol. The van der Waals surface area contributed by atoms with E-state index in [1.54, 1.807) is 52.1 Å². The Morgan fingerprint density at radius 2 is 1.47 bits per heavy atom. The van der Waals surface area contributed by atoms with Crippen molar-refractivity contribution in [2.24, 2.45) is 0 Å². The Hall–Kier alpha value is -3.94. The van der Waals surface area contributed by atoms with Crippen LogP contribution in [0.3, 0.4) is 0 Å². The summed E-state index contributed by atoms with van der Waals surface area (Å²) < 4.78 is 1.71. The van der Waals surface area contributed by atoms with Gasteiger partial charge in [0, 0.05) is 48.5 Å². The zero-order chi connectivity index (χ0) is 23.3. The van der Waals surface area contributed by atoms with Gasteiger partial charge in [-0.3, -0.25) is 19.2 Å². The number of Topliss-reactive ketones (excluding diaryl/α,β-unsaturated/α-hetero) is 1. The molecular weight excluding hydrogens is 408 g/mol. The van der Waals surface area contributed by atoms with Gasteiger partial charge < -0.3 is 20.1 Å². The molecule has 1 heterocycles. The van der Waals surface area contributed by atoms with Crippen molar-refractivity contribution in [1.29, 1.82) is 0 Å². The predicted octanol–water partition coefficient (Wildman–Crippen LogP) is 3.29. The molecule has 3 rings (SSSR count). The summed E-state index contributed by atoms with van der Waals surface area (Å²) >= 11 is 0. The number of ketones is 1. The Labute approximate surface area is 186 Å². The zero-order valence-corrected chi connectivity index (χ0v) is 18.3. The standard InChI is InChI=1S/C24H26N4O4/c1-4-27(5-2)22(30)15-28-14-20(19-8-6-7-9-21(19)28)23(31)24(32)26-18-12-10-17(11-13-18)25-16(3)29/h6-14H,4-5,15H2,1-3H3,(H,25,29)(H,26,32). The van der Waals surface area contributed by atoms with Crippen LogP contribution in [0.2, 0.25) is 0 Å². The van der Waals surface area contributed by atoms with Crippen LogP contribution in [0.4, 0.5) is 11.4 Å². The normalized spacial score (nSPS) is 10.6. The van der Waals surface area contributed by atoms with Gasteiger partial charge in [0.1, 0.15) is 6.54 Å². The van der Waals surface area contributed by atoms with Gasteiger partial charge in [-0.05, 0) is 44.2 Å². The quantitative estimate of drug-likeness (QED) is 0.420. The van der Waals surface area contributed by atoms with E-state index < -0.39 is 11.7 Å². The third kappa shape index (κ3) is 5.03. The maximum absolute atomic E-state index is 12.9. The Kier molecular flexibility index (Phi) is 7.04. The van der Waals surface area contributed by atoms with E-state index in [0.29, 0.717) is 35.4 Å². The number of hydrogen-bond donors (Lipinski definition) is 2. The molecule has 8 nitrogen and oxygen atoms in total. The lowest BCUT2D eigenvalue weighted by molar-refractivity contribution is -0.131. The number of likely N-dealkylation sites (N-methyl/N-ethyl adjacent to an activating group) is 1. The van der Waals surface area contributed by atoms with Crippen LogP contribution in [0.25, 0.3) is 10.9 Å². The second-order valence-electron chi connectivity index (χ2n) is 7.30. The van der Waals surface area contributed by atoms with Crippen molar-refractivity contribution in [2.75, 3.05) is 23.7 Å². The van der Waals surface area contributed by atoms with Crippen LogP contribution in [0.5, 0.6) is 0 Å². The van der Waals surface area contributed by atoms with Crippen molar-refractivity contribution in [3.8, 4) is 0 Å². The van der Waals surface area contributed by atoms with Gasteiger partial charge in [0.2, 0.25) is 11.8 Å². The number of fused-ring (bicyclic) bond motifs is 1. The number of aromatic nitrogens is 1. The van der Waals surface area contributed by atoms with Crippen molar-refractivity contribution in [2.45, 2.75) is 27.3 Å². The maximum Gasteiger partial charge on any atom is 0.296 e. The first-order chi connectivity index (χ1) is 15.3. The van der Waals surface area contributed by atoms with Crippen molar-refractivity contribution in [1.82, 2.24) is 9.47 Å². The van der Waals surface area contributed by atoms with Gasteiger partial charge in [-0.1, -0.05) is 18.2 Å². The van der Waals surface area contributed by atoms with Crippen molar-refractivity contribution >= 4 is 45.8 Å². The van der Waals surface area contributed by atoms with Gasteiger partial charge in [-0.25, -0.2) is 0 Å². The van der Waals surface area contributed by atoms with E-state index in [-0.39, 0.29) is 23.9 Å². The molecule has 0 unspecified atom stereocenters. The lowest BCUT2D eigenvalue weighted by Crippen LogP contribution is -2.33. The van der Waals surface area contributed by atoms with Crippen LogP contribution >= 0.6 is 0 Å². The molecule has 0 aliphatic rings. The van der Waals surface area contributed by atoms with E-state index in [2.05, 4.69) is 10.6 Å². The van der Waals surface area contributed by atoms with E-state index in [1.165, 1.54) is 6.92 Å². The Morgan fingerprint density at radius 3 is 2.06 bits per heavy atom. The molecule has 3 amide bonds. The molecule has 0 saturated carbocycles. The lowest BCUT2D eigenvalue weighted by Gasteiger charge is -2.19. The van der Waals surface area contributed by atoms with E-state index in [4.69, 9.17) is 0 Å². The van der Waals surface area contributed by atoms with Gasteiger partial charge in [-0.2, -0.15) is 0 Å². The first-order valence-corrected chi connectivity index (χ1v) is 10.4. The minimum Gasteiger partial charge on any atom is -0.342 e. The second-order valence-corrected chi connectivity index (χ2v) is 7.30. The summed E-state index contributed by atoms with van der Waals surface area (Å²) in [7, 11) is 0. The third-order valence-electron chi connectivity index (χ3n) is 5.12. The molecule has 2 N–H and O–H groups in total. The Balaban J connectivity index is 1.82. The summed E-state index contributed by atoms with van der Waals surface area (Å²) in [5.41, 5.74) is 1.96. The molecule has 0 spiro atoms. The van der Waals surface area contributed by atoms with Gasteiger partial charge in [0.25, 0.3) is 11.7 Å². The summed E-state index contributed by atoms with van der Waals surface area (Å²) in [5.74, 6) is -1.73. The number of nitrogens with one attached hydrogen (secondary N) is 2. The molecular formula is C24H26N4O4. The summed E-state index contributed by atoms with van der Waals surface area (Å²) in [6, 6.07) is 13.7. The molecule has 0 saturated heterocycles. The van der Waals surface area contributed by atoms with Gasteiger partial charge in [-0.15, -0.1) is 0 Å². The minimum atomic E-state index is -0.782. The maximum atomic E-state index is 12.9. The topological polar surface area (TPSA) is 101 Å². The van der Waals surface area contributed by atoms with Gasteiger partial charge >= 0.3 is 0 Å². The van der Waals surface area contributed by atoms with Gasteiger partial charge in [0.05, 0.1) is 5.56 Å². The first kappa shape index (κ1) is 22.7. The SMILES string of the molecule is CCN(CC)C(=O)Cn1cc(C(=O)C(=O)Nc2ccc(NC(C)=O)cc2)c2ccccc21. The molecule has 166 valence electrons. The Bertz CT molecular complexity index is 1160. The van der Waals surface area contributed by atoms with Crippen molar-refractivity contribution in [3.63, 3.8) is 0 Å². The molecule has 0 atom stereocenters. The van der Waals surface area contributed by atoms with Crippen LogP contribution in [0, 0.1) is 0 Å². The van der Waals surface area contributed by atoms with Crippen molar-refractivity contribution in [3.05, 3.63) is 60.3 Å². The van der Waals surface area contributed by atoms with Crippen LogP contribution in [-0.2, 0) is 20.9 Å². The number of carbonyl (C=O) groups excluding carboxylic acids is 4. The highest BCUT2D eigenvalue weighted by atomic mass is 16.2. The second kappa shape index (κ2) is 9.91. The smallest absolute Gasteiger partial charge is 0.296 e. The van der Waals surface area contributed by atoms with E-state index >= 15 is 0 Å². The van der Waals surface area contributed by atoms with Crippen LogP contribution < -0.4 is 10.6 Å². The number of rotatable bonds is 8. The summed E-state index contributed by atoms with van der Waals surface area (Å²) in [6.07, 6.45) is 1.56. The molecule has 0 bridgehead atoms. The molecule has 0 aliphatic carbocycles. The molecule has 2 aromatic carbocycles. The number of carbonyl (C=O) groups is 4. The third-order valence-corrected chi connectivity index (χ3v) is 5.12. The van der Waals surface area contributed by atoms with Crippen molar-refractivity contribution < 1.29 is 19.2 Å². The summed E-state index contributed by atoms with van der Waals surface area (Å²) in [6.45, 7) is 6.52. The number of benzene rings is 2. The molecule has 1 aromatic heterocycles. The fraction of sp³-hybridized carbons (Fsp3) is 0.250. The highest BCUT2D eigenvalue weighted by Crippen LogP contribution is 2.23. The monoisotopic (exact) mass is 434 g/mol. The fourth-order valence-electron chi connectivity index (χ4n) is 3.53. The van der Waals surface area contributed by atoms with Gasteiger partial charge in [0.15, 0.2) is 0 Å². The van der Waals surface area contributed by atoms with E-state index in [1.807, 2.05) is 26.0 Å². The average molecular weight is 434 g/mol. The summed E-state index contributed by atoms with van der Waals surface area (Å²) in [5, 5.41) is 5.83. The molecule has 0 aliphatic heterocycles.